The molecule has 0 bridgehead atoms. The highest BCUT2D eigenvalue weighted by atomic mass is 15.3. The maximum absolute atomic E-state index is 5.91. The number of rotatable bonds is 3. The molecular weight excluding hydrogens is 300 g/mol. The molecule has 0 spiro atoms. The molecule has 3 N–H and O–H groups in total. The molecule has 1 aliphatic rings. The molecule has 0 saturated carbocycles. The van der Waals surface area contributed by atoms with E-state index in [1.807, 2.05) is 30.3 Å². The van der Waals surface area contributed by atoms with Crippen molar-refractivity contribution in [2.75, 3.05) is 49.2 Å². The summed E-state index contributed by atoms with van der Waals surface area (Å²) in [6, 6.07) is 9.58. The Bertz CT molecular complexity index is 751. The van der Waals surface area contributed by atoms with Gasteiger partial charge in [-0.05, 0) is 38.2 Å². The van der Waals surface area contributed by atoms with Crippen LogP contribution in [0.2, 0.25) is 0 Å². The van der Waals surface area contributed by atoms with Gasteiger partial charge >= 0.3 is 0 Å². The number of nitrogens with two attached hydrogens (primary N) is 1. The first-order chi connectivity index (χ1) is 11.6. The Labute approximate surface area is 142 Å². The van der Waals surface area contributed by atoms with Gasteiger partial charge in [0.05, 0.1) is 0 Å². The van der Waals surface area contributed by atoms with Gasteiger partial charge in [0.25, 0.3) is 0 Å². The number of nitrogens with one attached hydrogen (secondary N) is 1. The summed E-state index contributed by atoms with van der Waals surface area (Å²) >= 11 is 0. The molecule has 1 aliphatic heterocycles. The van der Waals surface area contributed by atoms with Crippen molar-refractivity contribution in [3.8, 4) is 12.3 Å². The van der Waals surface area contributed by atoms with Crippen molar-refractivity contribution in [2.45, 2.75) is 6.42 Å². The van der Waals surface area contributed by atoms with E-state index in [4.69, 9.17) is 12.2 Å². The summed E-state index contributed by atoms with van der Waals surface area (Å²) in [5.74, 6) is 4.42. The highest BCUT2D eigenvalue weighted by molar-refractivity contribution is 5.62. The minimum absolute atomic E-state index is 0.265. The lowest BCUT2D eigenvalue weighted by Gasteiger charge is -2.22. The van der Waals surface area contributed by atoms with Crippen LogP contribution in [0.3, 0.4) is 0 Å². The molecule has 0 amide bonds. The molecule has 1 fully saturated rings. The molecule has 1 saturated heterocycles. The molecule has 2 aromatic rings. The van der Waals surface area contributed by atoms with Crippen LogP contribution in [0, 0.1) is 12.3 Å². The Hall–Kier alpha value is -2.78. The Morgan fingerprint density at radius 1 is 1.17 bits per heavy atom. The average molecular weight is 322 g/mol. The fraction of sp³-hybridized carbons (Fsp3) is 0.333. The molecule has 0 atom stereocenters. The third-order valence-corrected chi connectivity index (χ3v) is 4.08. The average Bonchev–Trinajstić information content (AvgIpc) is 2.79. The van der Waals surface area contributed by atoms with Gasteiger partial charge in [-0.15, -0.1) is 6.42 Å². The van der Waals surface area contributed by atoms with Gasteiger partial charge in [0, 0.05) is 37.0 Å². The number of hydrogen-bond donors (Lipinski definition) is 2. The van der Waals surface area contributed by atoms with Crippen LogP contribution in [0.1, 0.15) is 12.0 Å². The van der Waals surface area contributed by atoms with Crippen LogP contribution in [0.5, 0.6) is 0 Å². The monoisotopic (exact) mass is 322 g/mol. The number of hydrogen-bond acceptors (Lipinski definition) is 6. The smallest absolute Gasteiger partial charge is 0.223 e. The van der Waals surface area contributed by atoms with E-state index in [2.05, 4.69) is 38.1 Å². The van der Waals surface area contributed by atoms with E-state index in [9.17, 15) is 0 Å². The third-order valence-electron chi connectivity index (χ3n) is 4.08. The summed E-state index contributed by atoms with van der Waals surface area (Å²) < 4.78 is 0. The second-order valence-corrected chi connectivity index (χ2v) is 5.96. The normalized spacial score (nSPS) is 15.6. The van der Waals surface area contributed by atoms with Gasteiger partial charge in [-0.25, -0.2) is 0 Å². The summed E-state index contributed by atoms with van der Waals surface area (Å²) in [4.78, 5) is 13.3. The van der Waals surface area contributed by atoms with E-state index >= 15 is 0 Å². The molecule has 24 heavy (non-hydrogen) atoms. The highest BCUT2D eigenvalue weighted by Gasteiger charge is 2.15. The van der Waals surface area contributed by atoms with Crippen molar-refractivity contribution >= 4 is 23.3 Å². The second kappa shape index (κ2) is 7.20. The molecular formula is C18H22N6. The van der Waals surface area contributed by atoms with E-state index in [1.165, 1.54) is 0 Å². The van der Waals surface area contributed by atoms with Crippen molar-refractivity contribution in [2.24, 2.45) is 0 Å². The molecule has 2 heterocycles. The summed E-state index contributed by atoms with van der Waals surface area (Å²) in [5, 5.41) is 3.26. The maximum Gasteiger partial charge on any atom is 0.223 e. The van der Waals surface area contributed by atoms with Crippen LogP contribution in [0.25, 0.3) is 0 Å². The fourth-order valence-corrected chi connectivity index (χ4v) is 2.79. The second-order valence-electron chi connectivity index (χ2n) is 5.96. The molecule has 124 valence electrons. The summed E-state index contributed by atoms with van der Waals surface area (Å²) in [5.41, 5.74) is 7.61. The molecule has 1 aromatic heterocycles. The zero-order valence-electron chi connectivity index (χ0n) is 13.9. The molecule has 6 nitrogen and oxygen atoms in total. The molecule has 0 radical (unpaired) electrons. The summed E-state index contributed by atoms with van der Waals surface area (Å²) in [7, 11) is 2.14. The minimum Gasteiger partial charge on any atom is -0.368 e. The van der Waals surface area contributed by atoms with E-state index in [0.29, 0.717) is 5.82 Å². The van der Waals surface area contributed by atoms with Crippen molar-refractivity contribution < 1.29 is 0 Å². The van der Waals surface area contributed by atoms with E-state index < -0.39 is 0 Å². The van der Waals surface area contributed by atoms with Crippen LogP contribution in [-0.2, 0) is 0 Å². The fourth-order valence-electron chi connectivity index (χ4n) is 2.79. The van der Waals surface area contributed by atoms with Crippen molar-refractivity contribution in [1.29, 1.82) is 0 Å². The maximum atomic E-state index is 5.91. The molecule has 1 aromatic carbocycles. The van der Waals surface area contributed by atoms with Crippen LogP contribution < -0.4 is 16.0 Å². The van der Waals surface area contributed by atoms with E-state index in [-0.39, 0.29) is 5.95 Å². The Balaban J connectivity index is 1.82. The molecule has 0 aliphatic carbocycles. The Morgan fingerprint density at radius 2 is 2.04 bits per heavy atom. The van der Waals surface area contributed by atoms with Gasteiger partial charge in [0.15, 0.2) is 0 Å². The van der Waals surface area contributed by atoms with Gasteiger partial charge in [-0.2, -0.15) is 9.97 Å². The zero-order chi connectivity index (χ0) is 16.9. The quantitative estimate of drug-likeness (QED) is 0.842. The van der Waals surface area contributed by atoms with Crippen molar-refractivity contribution in [3.05, 3.63) is 35.9 Å². The largest absolute Gasteiger partial charge is 0.368 e. The number of nitrogen functional groups attached to an aromatic ring is 1. The molecule has 6 heteroatoms. The van der Waals surface area contributed by atoms with Gasteiger partial charge < -0.3 is 20.9 Å². The Morgan fingerprint density at radius 3 is 2.88 bits per heavy atom. The number of nitrogens with zero attached hydrogens (tertiary/aromatic N) is 4. The summed E-state index contributed by atoms with van der Waals surface area (Å²) in [6.07, 6.45) is 6.55. The van der Waals surface area contributed by atoms with Crippen LogP contribution in [-0.4, -0.2) is 48.1 Å². The zero-order valence-corrected chi connectivity index (χ0v) is 13.9. The number of aromatic nitrogens is 2. The Kier molecular flexibility index (Phi) is 4.82. The first-order valence-corrected chi connectivity index (χ1v) is 8.06. The van der Waals surface area contributed by atoms with Gasteiger partial charge in [-0.3, -0.25) is 0 Å². The third kappa shape index (κ3) is 3.94. The highest BCUT2D eigenvalue weighted by Crippen LogP contribution is 2.22. The summed E-state index contributed by atoms with van der Waals surface area (Å²) in [6.45, 7) is 4.00. The van der Waals surface area contributed by atoms with Crippen molar-refractivity contribution in [3.63, 3.8) is 0 Å². The van der Waals surface area contributed by atoms with Gasteiger partial charge in [0.1, 0.15) is 11.6 Å². The first-order valence-electron chi connectivity index (χ1n) is 8.06. The van der Waals surface area contributed by atoms with Crippen LogP contribution in [0.15, 0.2) is 30.3 Å². The number of anilines is 4. The van der Waals surface area contributed by atoms with Crippen molar-refractivity contribution in [1.82, 2.24) is 14.9 Å². The van der Waals surface area contributed by atoms with Gasteiger partial charge in [0.2, 0.25) is 5.95 Å². The van der Waals surface area contributed by atoms with Gasteiger partial charge in [-0.1, -0.05) is 12.0 Å². The van der Waals surface area contributed by atoms with Crippen LogP contribution in [0.4, 0.5) is 23.3 Å². The van der Waals surface area contributed by atoms with E-state index in [1.54, 1.807) is 0 Å². The lowest BCUT2D eigenvalue weighted by molar-refractivity contribution is 0.360. The molecule has 0 unspecified atom stereocenters. The van der Waals surface area contributed by atoms with Crippen LogP contribution >= 0.6 is 0 Å². The standard InChI is InChI=1S/C18H22N6/c1-3-14-6-4-7-15(12-14)20-16-13-17(22-18(19)21-16)24-9-5-8-23(2)10-11-24/h1,4,6-7,12-13H,5,8-11H2,2H3,(H3,19,20,21,22). The minimum atomic E-state index is 0.265. The number of likely N-dealkylation sites (N-methyl/N-ethyl adjacent to an activating group) is 1. The number of terminal acetylenes is 1. The SMILES string of the molecule is C#Cc1cccc(Nc2cc(N3CCCN(C)CC3)nc(N)n2)c1. The molecule has 3 rings (SSSR count). The predicted octanol–water partition coefficient (Wildman–Crippen LogP) is 1.93. The first kappa shape index (κ1) is 16.1. The van der Waals surface area contributed by atoms with E-state index in [0.717, 1.165) is 49.7 Å². The lowest BCUT2D eigenvalue weighted by atomic mass is 10.2. The topological polar surface area (TPSA) is 70.3 Å². The number of benzene rings is 1. The lowest BCUT2D eigenvalue weighted by Crippen LogP contribution is -2.29. The predicted molar refractivity (Wildman–Crippen MR) is 98.4 cm³/mol.